The SMILES string of the molecule is COc1cc(CN(C)C(=O)Nc2cccc(C)c2)ccc1OC(F)F. The quantitative estimate of drug-likeness (QED) is 0.846. The van der Waals surface area contributed by atoms with Crippen molar-refractivity contribution in [1.29, 1.82) is 0 Å². The summed E-state index contributed by atoms with van der Waals surface area (Å²) in [5.41, 5.74) is 2.47. The Bertz CT molecular complexity index is 738. The Hall–Kier alpha value is -2.83. The van der Waals surface area contributed by atoms with E-state index in [2.05, 4.69) is 10.1 Å². The fourth-order valence-electron chi connectivity index (χ4n) is 2.29. The summed E-state index contributed by atoms with van der Waals surface area (Å²) < 4.78 is 34.1. The molecule has 0 aromatic heterocycles. The number of alkyl halides is 2. The third kappa shape index (κ3) is 5.34. The summed E-state index contributed by atoms with van der Waals surface area (Å²) in [6.45, 7) is -0.708. The third-order valence-electron chi connectivity index (χ3n) is 3.48. The van der Waals surface area contributed by atoms with Crippen LogP contribution < -0.4 is 14.8 Å². The number of carbonyl (C=O) groups excluding carboxylic acids is 1. The van der Waals surface area contributed by atoms with E-state index in [9.17, 15) is 13.6 Å². The lowest BCUT2D eigenvalue weighted by atomic mass is 10.2. The lowest BCUT2D eigenvalue weighted by molar-refractivity contribution is -0.0512. The molecule has 5 nitrogen and oxygen atoms in total. The van der Waals surface area contributed by atoms with E-state index in [-0.39, 0.29) is 24.1 Å². The number of nitrogens with zero attached hydrogens (tertiary/aromatic N) is 1. The Morgan fingerprint density at radius 2 is 1.96 bits per heavy atom. The Morgan fingerprint density at radius 1 is 1.20 bits per heavy atom. The molecule has 0 heterocycles. The number of ether oxygens (including phenoxy) is 2. The minimum atomic E-state index is -2.93. The maximum atomic E-state index is 12.3. The molecule has 0 aliphatic heterocycles. The average Bonchev–Trinajstić information content (AvgIpc) is 2.55. The Morgan fingerprint density at radius 3 is 2.60 bits per heavy atom. The van der Waals surface area contributed by atoms with Gasteiger partial charge in [0, 0.05) is 19.3 Å². The number of methoxy groups -OCH3 is 1. The maximum Gasteiger partial charge on any atom is 0.387 e. The van der Waals surface area contributed by atoms with Crippen LogP contribution >= 0.6 is 0 Å². The molecule has 0 radical (unpaired) electrons. The van der Waals surface area contributed by atoms with Crippen LogP contribution in [-0.4, -0.2) is 31.7 Å². The second-order valence-corrected chi connectivity index (χ2v) is 5.52. The zero-order valence-electron chi connectivity index (χ0n) is 14.3. The van der Waals surface area contributed by atoms with E-state index >= 15 is 0 Å². The molecule has 2 aromatic carbocycles. The zero-order chi connectivity index (χ0) is 18.4. The van der Waals surface area contributed by atoms with Crippen molar-refractivity contribution in [3.05, 3.63) is 53.6 Å². The molecule has 1 N–H and O–H groups in total. The van der Waals surface area contributed by atoms with E-state index in [1.165, 1.54) is 18.1 Å². The highest BCUT2D eigenvalue weighted by molar-refractivity contribution is 5.89. The second-order valence-electron chi connectivity index (χ2n) is 5.52. The molecule has 2 amide bonds. The number of nitrogens with one attached hydrogen (secondary N) is 1. The molecule has 7 heteroatoms. The smallest absolute Gasteiger partial charge is 0.387 e. The summed E-state index contributed by atoms with van der Waals surface area (Å²) in [7, 11) is 3.01. The van der Waals surface area contributed by atoms with Gasteiger partial charge in [0.15, 0.2) is 11.5 Å². The van der Waals surface area contributed by atoms with E-state index in [4.69, 9.17) is 4.74 Å². The summed E-state index contributed by atoms with van der Waals surface area (Å²) >= 11 is 0. The zero-order valence-corrected chi connectivity index (χ0v) is 14.3. The van der Waals surface area contributed by atoms with Gasteiger partial charge in [-0.3, -0.25) is 0 Å². The highest BCUT2D eigenvalue weighted by atomic mass is 19.3. The van der Waals surface area contributed by atoms with Gasteiger partial charge in [0.05, 0.1) is 7.11 Å². The molecule has 0 saturated carbocycles. The lowest BCUT2D eigenvalue weighted by Crippen LogP contribution is -2.30. The van der Waals surface area contributed by atoms with Crippen LogP contribution in [0, 0.1) is 6.92 Å². The molecule has 0 unspecified atom stereocenters. The lowest BCUT2D eigenvalue weighted by Gasteiger charge is -2.19. The van der Waals surface area contributed by atoms with Crippen LogP contribution in [0.2, 0.25) is 0 Å². The fourth-order valence-corrected chi connectivity index (χ4v) is 2.29. The number of anilines is 1. The maximum absolute atomic E-state index is 12.3. The first-order valence-electron chi connectivity index (χ1n) is 7.59. The van der Waals surface area contributed by atoms with Gasteiger partial charge >= 0.3 is 12.6 Å². The molecular weight excluding hydrogens is 330 g/mol. The van der Waals surface area contributed by atoms with Crippen LogP contribution in [0.3, 0.4) is 0 Å². The van der Waals surface area contributed by atoms with E-state index in [0.717, 1.165) is 11.1 Å². The largest absolute Gasteiger partial charge is 0.493 e. The van der Waals surface area contributed by atoms with Crippen LogP contribution in [0.4, 0.5) is 19.3 Å². The first kappa shape index (κ1) is 18.5. The van der Waals surface area contributed by atoms with Gasteiger partial charge in [0.25, 0.3) is 0 Å². The number of urea groups is 1. The molecular formula is C18H20F2N2O3. The third-order valence-corrected chi connectivity index (χ3v) is 3.48. The van der Waals surface area contributed by atoms with E-state index in [1.54, 1.807) is 25.2 Å². The van der Waals surface area contributed by atoms with E-state index < -0.39 is 6.61 Å². The minimum absolute atomic E-state index is 0.0480. The molecule has 0 atom stereocenters. The first-order valence-corrected chi connectivity index (χ1v) is 7.59. The molecule has 2 aromatic rings. The van der Waals surface area contributed by atoms with E-state index in [1.807, 2.05) is 25.1 Å². The van der Waals surface area contributed by atoms with Crippen molar-refractivity contribution < 1.29 is 23.0 Å². The van der Waals surface area contributed by atoms with E-state index in [0.29, 0.717) is 5.69 Å². The molecule has 0 saturated heterocycles. The molecule has 0 aliphatic carbocycles. The number of carbonyl (C=O) groups is 1. The van der Waals surface area contributed by atoms with Gasteiger partial charge in [-0.05, 0) is 42.3 Å². The topological polar surface area (TPSA) is 50.8 Å². The van der Waals surface area contributed by atoms with Gasteiger partial charge in [-0.25, -0.2) is 4.79 Å². The normalized spacial score (nSPS) is 10.5. The summed E-state index contributed by atoms with van der Waals surface area (Å²) in [4.78, 5) is 13.7. The van der Waals surface area contributed by atoms with Gasteiger partial charge in [-0.15, -0.1) is 0 Å². The number of hydrogen-bond acceptors (Lipinski definition) is 3. The molecule has 0 spiro atoms. The van der Waals surface area contributed by atoms with Crippen LogP contribution in [0.25, 0.3) is 0 Å². The predicted molar refractivity (Wildman–Crippen MR) is 91.3 cm³/mol. The van der Waals surface area contributed by atoms with Crippen molar-refractivity contribution in [2.75, 3.05) is 19.5 Å². The highest BCUT2D eigenvalue weighted by Crippen LogP contribution is 2.29. The first-order chi connectivity index (χ1) is 11.9. The van der Waals surface area contributed by atoms with Gasteiger partial charge in [0.1, 0.15) is 0 Å². The average molecular weight is 350 g/mol. The Balaban J connectivity index is 2.04. The second kappa shape index (κ2) is 8.32. The summed E-state index contributed by atoms with van der Waals surface area (Å²) in [6.07, 6.45) is 0. The monoisotopic (exact) mass is 350 g/mol. The van der Waals surface area contributed by atoms with Gasteiger partial charge in [-0.1, -0.05) is 18.2 Å². The van der Waals surface area contributed by atoms with Crippen LogP contribution in [0.5, 0.6) is 11.5 Å². The standard InChI is InChI=1S/C18H20F2N2O3/c1-12-5-4-6-14(9-12)21-18(23)22(2)11-13-7-8-15(25-17(19)20)16(10-13)24-3/h4-10,17H,11H2,1-3H3,(H,21,23). The predicted octanol–water partition coefficient (Wildman–Crippen LogP) is 4.27. The van der Waals surface area contributed by atoms with Crippen molar-refractivity contribution in [3.63, 3.8) is 0 Å². The van der Waals surface area contributed by atoms with Crippen molar-refractivity contribution in [2.24, 2.45) is 0 Å². The number of benzene rings is 2. The summed E-state index contributed by atoms with van der Waals surface area (Å²) in [5, 5.41) is 2.80. The summed E-state index contributed by atoms with van der Waals surface area (Å²) in [5.74, 6) is 0.137. The molecule has 25 heavy (non-hydrogen) atoms. The Kier molecular flexibility index (Phi) is 6.16. The van der Waals surface area contributed by atoms with Gasteiger partial charge in [0.2, 0.25) is 0 Å². The van der Waals surface area contributed by atoms with Crippen molar-refractivity contribution in [2.45, 2.75) is 20.1 Å². The van der Waals surface area contributed by atoms with Crippen molar-refractivity contribution >= 4 is 11.7 Å². The van der Waals surface area contributed by atoms with Crippen LogP contribution in [0.1, 0.15) is 11.1 Å². The van der Waals surface area contributed by atoms with Crippen molar-refractivity contribution in [3.8, 4) is 11.5 Å². The number of rotatable bonds is 6. The van der Waals surface area contributed by atoms with Crippen LogP contribution in [0.15, 0.2) is 42.5 Å². The fraction of sp³-hybridized carbons (Fsp3) is 0.278. The van der Waals surface area contributed by atoms with Gasteiger partial charge < -0.3 is 19.7 Å². The highest BCUT2D eigenvalue weighted by Gasteiger charge is 2.14. The molecule has 0 bridgehead atoms. The summed E-state index contributed by atoms with van der Waals surface area (Å²) in [6, 6.07) is 11.8. The number of hydrogen-bond donors (Lipinski definition) is 1. The van der Waals surface area contributed by atoms with Crippen molar-refractivity contribution in [1.82, 2.24) is 4.90 Å². The number of aryl methyl sites for hydroxylation is 1. The van der Waals surface area contributed by atoms with Gasteiger partial charge in [-0.2, -0.15) is 8.78 Å². The molecule has 0 aliphatic rings. The Labute approximate surface area is 145 Å². The molecule has 134 valence electrons. The number of halogens is 2. The molecule has 2 rings (SSSR count). The number of amides is 2. The minimum Gasteiger partial charge on any atom is -0.493 e. The van der Waals surface area contributed by atoms with Crippen LogP contribution in [-0.2, 0) is 6.54 Å². The molecule has 0 fully saturated rings.